The maximum Gasteiger partial charge on any atom is 0.246 e. The normalized spacial score (nSPS) is 20.8. The number of methoxy groups -OCH3 is 1. The summed E-state index contributed by atoms with van der Waals surface area (Å²) in [6, 6.07) is 15.7. The van der Waals surface area contributed by atoms with Gasteiger partial charge in [-0.25, -0.2) is 0 Å². The first-order chi connectivity index (χ1) is 13.4. The monoisotopic (exact) mass is 378 g/mol. The molecule has 1 aliphatic heterocycles. The van der Waals surface area contributed by atoms with Crippen LogP contribution in [-0.4, -0.2) is 43.0 Å². The second-order valence-corrected chi connectivity index (χ2v) is 7.94. The maximum absolute atomic E-state index is 13.4. The summed E-state index contributed by atoms with van der Waals surface area (Å²) in [4.78, 5) is 29.8. The Balaban J connectivity index is 1.53. The number of benzene rings is 2. The van der Waals surface area contributed by atoms with E-state index in [0.29, 0.717) is 6.54 Å². The molecule has 1 heterocycles. The number of amides is 2. The Morgan fingerprint density at radius 2 is 1.86 bits per heavy atom. The Kier molecular flexibility index (Phi) is 4.61. The van der Waals surface area contributed by atoms with Gasteiger partial charge in [-0.2, -0.15) is 0 Å². The standard InChI is InChI=1S/C23H26N2O3/c1-16-5-4-6-19(13-16)25-14-17(2)24(15-21(25)26)22(27)23(11-12-23)18-7-9-20(28-3)10-8-18/h4-10,13,17H,11-12,14-15H2,1-3H3/t17-/m0/s1. The lowest BCUT2D eigenvalue weighted by atomic mass is 9.93. The molecule has 2 fully saturated rings. The van der Waals surface area contributed by atoms with Crippen LogP contribution in [0.25, 0.3) is 0 Å². The first kappa shape index (κ1) is 18.5. The maximum atomic E-state index is 13.4. The smallest absolute Gasteiger partial charge is 0.246 e. The number of aryl methyl sites for hydroxylation is 1. The molecular formula is C23H26N2O3. The van der Waals surface area contributed by atoms with Crippen LogP contribution in [0.4, 0.5) is 5.69 Å². The highest BCUT2D eigenvalue weighted by Crippen LogP contribution is 2.50. The van der Waals surface area contributed by atoms with Crippen LogP contribution in [-0.2, 0) is 15.0 Å². The third-order valence-corrected chi connectivity index (χ3v) is 5.96. The zero-order valence-electron chi connectivity index (χ0n) is 16.6. The molecule has 5 heteroatoms. The van der Waals surface area contributed by atoms with Crippen LogP contribution >= 0.6 is 0 Å². The average molecular weight is 378 g/mol. The van der Waals surface area contributed by atoms with Crippen LogP contribution < -0.4 is 9.64 Å². The number of carbonyl (C=O) groups excluding carboxylic acids is 2. The third-order valence-electron chi connectivity index (χ3n) is 5.96. The Hall–Kier alpha value is -2.82. The first-order valence-corrected chi connectivity index (χ1v) is 9.77. The second-order valence-electron chi connectivity index (χ2n) is 7.94. The van der Waals surface area contributed by atoms with Crippen LogP contribution in [0.2, 0.25) is 0 Å². The van der Waals surface area contributed by atoms with Gasteiger partial charge < -0.3 is 14.5 Å². The molecule has 5 nitrogen and oxygen atoms in total. The lowest BCUT2D eigenvalue weighted by Crippen LogP contribution is -2.59. The van der Waals surface area contributed by atoms with Gasteiger partial charge >= 0.3 is 0 Å². The van der Waals surface area contributed by atoms with Gasteiger partial charge in [0.2, 0.25) is 11.8 Å². The number of ether oxygens (including phenoxy) is 1. The molecule has 0 N–H and O–H groups in total. The summed E-state index contributed by atoms with van der Waals surface area (Å²) in [5.41, 5.74) is 2.55. The lowest BCUT2D eigenvalue weighted by Gasteiger charge is -2.41. The van der Waals surface area contributed by atoms with Gasteiger partial charge in [0.15, 0.2) is 0 Å². The van der Waals surface area contributed by atoms with E-state index in [1.54, 1.807) is 16.9 Å². The molecule has 2 aromatic carbocycles. The van der Waals surface area contributed by atoms with Crippen molar-refractivity contribution in [3.05, 3.63) is 59.7 Å². The fraction of sp³-hybridized carbons (Fsp3) is 0.391. The minimum Gasteiger partial charge on any atom is -0.497 e. The Bertz CT molecular complexity index is 902. The molecule has 2 aliphatic rings. The zero-order chi connectivity index (χ0) is 19.9. The van der Waals surface area contributed by atoms with E-state index in [0.717, 1.165) is 35.4 Å². The molecule has 0 bridgehead atoms. The highest BCUT2D eigenvalue weighted by Gasteiger charge is 2.54. The molecule has 0 radical (unpaired) electrons. The van der Waals surface area contributed by atoms with E-state index < -0.39 is 5.41 Å². The molecule has 1 saturated heterocycles. The Morgan fingerprint density at radius 3 is 2.46 bits per heavy atom. The van der Waals surface area contributed by atoms with E-state index in [1.165, 1.54) is 0 Å². The van der Waals surface area contributed by atoms with Gasteiger partial charge in [-0.05, 0) is 62.1 Å². The minimum atomic E-state index is -0.480. The summed E-state index contributed by atoms with van der Waals surface area (Å²) in [5, 5.41) is 0. The second kappa shape index (κ2) is 6.97. The molecule has 1 atom stereocenters. The number of carbonyl (C=O) groups is 2. The number of nitrogens with zero attached hydrogens (tertiary/aromatic N) is 2. The van der Waals surface area contributed by atoms with Gasteiger partial charge in [-0.3, -0.25) is 9.59 Å². The first-order valence-electron chi connectivity index (χ1n) is 9.77. The molecule has 0 spiro atoms. The highest BCUT2D eigenvalue weighted by molar-refractivity contribution is 6.00. The van der Waals surface area contributed by atoms with Crippen molar-refractivity contribution >= 4 is 17.5 Å². The SMILES string of the molecule is COc1ccc(C2(C(=O)N3CC(=O)N(c4cccc(C)c4)C[C@@H]3C)CC2)cc1. The van der Waals surface area contributed by atoms with E-state index in [4.69, 9.17) is 4.74 Å². The topological polar surface area (TPSA) is 49.9 Å². The summed E-state index contributed by atoms with van der Waals surface area (Å²) in [6.07, 6.45) is 1.66. The molecule has 0 aromatic heterocycles. The minimum absolute atomic E-state index is 0.0254. The van der Waals surface area contributed by atoms with E-state index in [2.05, 4.69) is 0 Å². The van der Waals surface area contributed by atoms with Crippen molar-refractivity contribution in [2.24, 2.45) is 0 Å². The molecule has 1 saturated carbocycles. The summed E-state index contributed by atoms with van der Waals surface area (Å²) in [6.45, 7) is 4.69. The van der Waals surface area contributed by atoms with E-state index in [9.17, 15) is 9.59 Å². The fourth-order valence-corrected chi connectivity index (χ4v) is 4.10. The van der Waals surface area contributed by atoms with Crippen molar-refractivity contribution in [3.8, 4) is 5.75 Å². The highest BCUT2D eigenvalue weighted by atomic mass is 16.5. The summed E-state index contributed by atoms with van der Waals surface area (Å²) in [7, 11) is 1.63. The van der Waals surface area contributed by atoms with Crippen molar-refractivity contribution in [2.75, 3.05) is 25.1 Å². The van der Waals surface area contributed by atoms with Gasteiger partial charge in [0, 0.05) is 18.3 Å². The van der Waals surface area contributed by atoms with Gasteiger partial charge in [0.1, 0.15) is 12.3 Å². The number of piperazine rings is 1. The number of hydrogen-bond acceptors (Lipinski definition) is 3. The van der Waals surface area contributed by atoms with Crippen LogP contribution in [0.3, 0.4) is 0 Å². The molecule has 28 heavy (non-hydrogen) atoms. The third kappa shape index (κ3) is 3.15. The van der Waals surface area contributed by atoms with Crippen LogP contribution in [0.15, 0.2) is 48.5 Å². The van der Waals surface area contributed by atoms with Crippen molar-refractivity contribution in [2.45, 2.75) is 38.1 Å². The Morgan fingerprint density at radius 1 is 1.14 bits per heavy atom. The van der Waals surface area contributed by atoms with Crippen molar-refractivity contribution < 1.29 is 14.3 Å². The average Bonchev–Trinajstić information content (AvgIpc) is 3.51. The fourth-order valence-electron chi connectivity index (χ4n) is 4.10. The van der Waals surface area contributed by atoms with E-state index >= 15 is 0 Å². The molecule has 2 amide bonds. The largest absolute Gasteiger partial charge is 0.497 e. The summed E-state index contributed by atoms with van der Waals surface area (Å²) < 4.78 is 5.23. The number of rotatable bonds is 4. The zero-order valence-corrected chi connectivity index (χ0v) is 16.6. The number of hydrogen-bond donors (Lipinski definition) is 0. The van der Waals surface area contributed by atoms with Gasteiger partial charge in [0.25, 0.3) is 0 Å². The number of anilines is 1. The van der Waals surface area contributed by atoms with Crippen molar-refractivity contribution in [1.29, 1.82) is 0 Å². The predicted octanol–water partition coefficient (Wildman–Crippen LogP) is 3.30. The summed E-state index contributed by atoms with van der Waals surface area (Å²) in [5.74, 6) is 0.826. The molecule has 146 valence electrons. The molecule has 2 aromatic rings. The summed E-state index contributed by atoms with van der Waals surface area (Å²) >= 11 is 0. The van der Waals surface area contributed by atoms with Crippen LogP contribution in [0, 0.1) is 6.92 Å². The molecular weight excluding hydrogens is 352 g/mol. The van der Waals surface area contributed by atoms with Gasteiger partial charge in [-0.15, -0.1) is 0 Å². The van der Waals surface area contributed by atoms with Crippen molar-refractivity contribution in [3.63, 3.8) is 0 Å². The van der Waals surface area contributed by atoms with Crippen molar-refractivity contribution in [1.82, 2.24) is 4.90 Å². The lowest BCUT2D eigenvalue weighted by molar-refractivity contribution is -0.141. The molecule has 4 rings (SSSR count). The van der Waals surface area contributed by atoms with Crippen LogP contribution in [0.5, 0.6) is 5.75 Å². The predicted molar refractivity (Wildman–Crippen MR) is 109 cm³/mol. The molecule has 1 aliphatic carbocycles. The van der Waals surface area contributed by atoms with Gasteiger partial charge in [-0.1, -0.05) is 24.3 Å². The molecule has 0 unspecified atom stereocenters. The Labute approximate surface area is 165 Å². The van der Waals surface area contributed by atoms with E-state index in [-0.39, 0.29) is 24.4 Å². The van der Waals surface area contributed by atoms with E-state index in [1.807, 2.05) is 62.4 Å². The van der Waals surface area contributed by atoms with Gasteiger partial charge in [0.05, 0.1) is 12.5 Å². The quantitative estimate of drug-likeness (QED) is 0.820. The van der Waals surface area contributed by atoms with Crippen LogP contribution in [0.1, 0.15) is 30.9 Å².